The van der Waals surface area contributed by atoms with E-state index in [1.54, 1.807) is 6.20 Å². The molecule has 20 heavy (non-hydrogen) atoms. The van der Waals surface area contributed by atoms with Gasteiger partial charge in [0, 0.05) is 11.6 Å². The first kappa shape index (κ1) is 12.6. The molecule has 0 atom stereocenters. The Hall–Kier alpha value is -2.46. The first-order valence-corrected chi connectivity index (χ1v) is 6.57. The summed E-state index contributed by atoms with van der Waals surface area (Å²) >= 11 is 5.09. The highest BCUT2D eigenvalue weighted by Gasteiger charge is 2.13. The zero-order chi connectivity index (χ0) is 13.9. The summed E-state index contributed by atoms with van der Waals surface area (Å²) in [7, 11) is 0. The van der Waals surface area contributed by atoms with E-state index in [-0.39, 0.29) is 4.99 Å². The monoisotopic (exact) mass is 280 g/mol. The Labute approximate surface area is 122 Å². The van der Waals surface area contributed by atoms with Crippen LogP contribution >= 0.6 is 12.2 Å². The third-order valence-electron chi connectivity index (χ3n) is 2.95. The Balaban J connectivity index is 2.20. The molecule has 0 unspecified atom stereocenters. The molecule has 0 aliphatic heterocycles. The predicted octanol–water partition coefficient (Wildman–Crippen LogP) is 3.66. The summed E-state index contributed by atoms with van der Waals surface area (Å²) in [6.07, 6.45) is 1.66. The largest absolute Gasteiger partial charge is 0.456 e. The van der Waals surface area contributed by atoms with E-state index in [0.29, 0.717) is 11.3 Å². The Morgan fingerprint density at radius 3 is 2.45 bits per heavy atom. The number of hydrogen-bond donors (Lipinski definition) is 1. The van der Waals surface area contributed by atoms with Gasteiger partial charge in [0.25, 0.3) is 0 Å². The number of nitrogens with two attached hydrogens (primary N) is 1. The molecule has 1 heterocycles. The van der Waals surface area contributed by atoms with Crippen molar-refractivity contribution in [1.29, 1.82) is 0 Å². The molecule has 3 aromatic rings. The number of aromatic nitrogens is 1. The number of para-hydroxylation sites is 2. The van der Waals surface area contributed by atoms with Crippen molar-refractivity contribution in [2.24, 2.45) is 5.73 Å². The summed E-state index contributed by atoms with van der Waals surface area (Å²) in [6, 6.07) is 17.3. The van der Waals surface area contributed by atoms with Gasteiger partial charge >= 0.3 is 0 Å². The molecule has 4 heteroatoms. The lowest BCUT2D eigenvalue weighted by Gasteiger charge is -2.12. The van der Waals surface area contributed by atoms with Crippen molar-refractivity contribution in [1.82, 2.24) is 4.98 Å². The number of thiocarbonyl (C=S) groups is 1. The van der Waals surface area contributed by atoms with Crippen LogP contribution in [0.15, 0.2) is 60.8 Å². The van der Waals surface area contributed by atoms with Crippen molar-refractivity contribution in [3.63, 3.8) is 0 Å². The lowest BCUT2D eigenvalue weighted by atomic mass is 10.1. The van der Waals surface area contributed by atoms with Crippen LogP contribution in [0.2, 0.25) is 0 Å². The molecule has 0 amide bonds. The topological polar surface area (TPSA) is 48.1 Å². The quantitative estimate of drug-likeness (QED) is 0.744. The number of rotatable bonds is 3. The summed E-state index contributed by atoms with van der Waals surface area (Å²) in [6.45, 7) is 0. The van der Waals surface area contributed by atoms with Crippen LogP contribution in [0, 0.1) is 0 Å². The minimum atomic E-state index is 0.272. The molecule has 0 saturated heterocycles. The number of nitrogens with zero attached hydrogens (tertiary/aromatic N) is 1. The van der Waals surface area contributed by atoms with E-state index in [1.165, 1.54) is 0 Å². The summed E-state index contributed by atoms with van der Waals surface area (Å²) < 4.78 is 5.98. The molecular weight excluding hydrogens is 268 g/mol. The number of hydrogen-bond acceptors (Lipinski definition) is 3. The Morgan fingerprint density at radius 1 is 1.00 bits per heavy atom. The van der Waals surface area contributed by atoms with Crippen LogP contribution in [0.1, 0.15) is 5.56 Å². The average Bonchev–Trinajstić information content (AvgIpc) is 2.48. The van der Waals surface area contributed by atoms with Crippen LogP contribution in [-0.4, -0.2) is 9.97 Å². The van der Waals surface area contributed by atoms with E-state index >= 15 is 0 Å². The molecule has 3 rings (SSSR count). The maximum Gasteiger partial charge on any atom is 0.148 e. The SMILES string of the molecule is NC(=S)c1cnc2ccccc2c1Oc1ccccc1. The van der Waals surface area contributed by atoms with Crippen molar-refractivity contribution in [2.75, 3.05) is 0 Å². The minimum Gasteiger partial charge on any atom is -0.456 e. The fourth-order valence-corrected chi connectivity index (χ4v) is 2.15. The third kappa shape index (κ3) is 2.33. The molecule has 3 nitrogen and oxygen atoms in total. The van der Waals surface area contributed by atoms with Crippen LogP contribution in [0.4, 0.5) is 0 Å². The lowest BCUT2D eigenvalue weighted by Crippen LogP contribution is -2.11. The van der Waals surface area contributed by atoms with Crippen LogP contribution in [0.3, 0.4) is 0 Å². The van der Waals surface area contributed by atoms with Gasteiger partial charge in [-0.3, -0.25) is 4.98 Å². The average molecular weight is 280 g/mol. The fourth-order valence-electron chi connectivity index (χ4n) is 2.01. The standard InChI is InChI=1S/C16H12N2OS/c17-16(20)13-10-18-14-9-5-4-8-12(14)15(13)19-11-6-2-1-3-7-11/h1-10H,(H2,17,20). The van der Waals surface area contributed by atoms with E-state index < -0.39 is 0 Å². The molecule has 0 aliphatic carbocycles. The second kappa shape index (κ2) is 5.27. The summed E-state index contributed by atoms with van der Waals surface area (Å²) in [5.41, 5.74) is 7.26. The van der Waals surface area contributed by atoms with E-state index in [2.05, 4.69) is 4.98 Å². The summed E-state index contributed by atoms with van der Waals surface area (Å²) in [4.78, 5) is 4.63. The van der Waals surface area contributed by atoms with Crippen LogP contribution < -0.4 is 10.5 Å². The van der Waals surface area contributed by atoms with Crippen molar-refractivity contribution in [3.8, 4) is 11.5 Å². The minimum absolute atomic E-state index is 0.272. The van der Waals surface area contributed by atoms with E-state index in [4.69, 9.17) is 22.7 Å². The third-order valence-corrected chi connectivity index (χ3v) is 3.17. The van der Waals surface area contributed by atoms with Crippen molar-refractivity contribution >= 4 is 28.1 Å². The van der Waals surface area contributed by atoms with Crippen molar-refractivity contribution in [2.45, 2.75) is 0 Å². The van der Waals surface area contributed by atoms with Gasteiger partial charge in [0.15, 0.2) is 0 Å². The Bertz CT molecular complexity index is 772. The Morgan fingerprint density at radius 2 is 1.70 bits per heavy atom. The lowest BCUT2D eigenvalue weighted by molar-refractivity contribution is 0.487. The number of fused-ring (bicyclic) bond motifs is 1. The van der Waals surface area contributed by atoms with Crippen LogP contribution in [-0.2, 0) is 0 Å². The molecule has 0 fully saturated rings. The molecule has 1 aromatic heterocycles. The highest BCUT2D eigenvalue weighted by Crippen LogP contribution is 2.32. The highest BCUT2D eigenvalue weighted by atomic mass is 32.1. The molecule has 0 spiro atoms. The molecule has 0 bridgehead atoms. The predicted molar refractivity (Wildman–Crippen MR) is 84.1 cm³/mol. The molecule has 2 N–H and O–H groups in total. The molecule has 98 valence electrons. The second-order valence-corrected chi connectivity index (χ2v) is 4.74. The van der Waals surface area contributed by atoms with Gasteiger partial charge in [-0.2, -0.15) is 0 Å². The Kier molecular flexibility index (Phi) is 3.31. The smallest absolute Gasteiger partial charge is 0.148 e. The van der Waals surface area contributed by atoms with Gasteiger partial charge in [0.1, 0.15) is 16.5 Å². The van der Waals surface area contributed by atoms with Gasteiger partial charge in [-0.25, -0.2) is 0 Å². The zero-order valence-corrected chi connectivity index (χ0v) is 11.4. The second-order valence-electron chi connectivity index (χ2n) is 4.30. The normalized spacial score (nSPS) is 10.4. The summed E-state index contributed by atoms with van der Waals surface area (Å²) in [5.74, 6) is 1.38. The first-order valence-electron chi connectivity index (χ1n) is 6.16. The van der Waals surface area contributed by atoms with Gasteiger partial charge in [-0.15, -0.1) is 0 Å². The van der Waals surface area contributed by atoms with Gasteiger partial charge in [0.2, 0.25) is 0 Å². The van der Waals surface area contributed by atoms with E-state index in [1.807, 2.05) is 54.6 Å². The summed E-state index contributed by atoms with van der Waals surface area (Å²) in [5, 5.41) is 0.890. The van der Waals surface area contributed by atoms with Crippen LogP contribution in [0.5, 0.6) is 11.5 Å². The van der Waals surface area contributed by atoms with Gasteiger partial charge in [-0.1, -0.05) is 42.5 Å². The number of benzene rings is 2. The highest BCUT2D eigenvalue weighted by molar-refractivity contribution is 7.80. The maximum absolute atomic E-state index is 5.98. The van der Waals surface area contributed by atoms with Gasteiger partial charge < -0.3 is 10.5 Å². The van der Waals surface area contributed by atoms with Crippen molar-refractivity contribution in [3.05, 3.63) is 66.4 Å². The first-order chi connectivity index (χ1) is 9.75. The molecule has 0 radical (unpaired) electrons. The van der Waals surface area contributed by atoms with E-state index in [0.717, 1.165) is 16.7 Å². The van der Waals surface area contributed by atoms with Gasteiger partial charge in [0.05, 0.1) is 11.1 Å². The van der Waals surface area contributed by atoms with Gasteiger partial charge in [-0.05, 0) is 24.3 Å². The molecular formula is C16H12N2OS. The maximum atomic E-state index is 5.98. The number of pyridine rings is 1. The molecule has 2 aromatic carbocycles. The fraction of sp³-hybridized carbons (Fsp3) is 0. The molecule has 0 aliphatic rings. The zero-order valence-electron chi connectivity index (χ0n) is 10.6. The van der Waals surface area contributed by atoms with Crippen LogP contribution in [0.25, 0.3) is 10.9 Å². The van der Waals surface area contributed by atoms with Crippen molar-refractivity contribution < 1.29 is 4.74 Å². The number of ether oxygens (including phenoxy) is 1. The molecule has 0 saturated carbocycles. The van der Waals surface area contributed by atoms with E-state index in [9.17, 15) is 0 Å².